The number of anilines is 2. The molecule has 0 radical (unpaired) electrons. The first-order valence-electron chi connectivity index (χ1n) is 11.9. The summed E-state index contributed by atoms with van der Waals surface area (Å²) in [5.74, 6) is 1.21. The standard InChI is InChI=1S/C27H30ClN3O5S/c1-35-24-11-7-22(8-12-24)29-15-17-30(18-16-29)27(32)20-36-25-13-9-23(10-14-25)31(37(2,33)34)19-21-5-3-4-6-26(21)28/h3-14H,15-20H2,1-2H3. The predicted molar refractivity (Wildman–Crippen MR) is 146 cm³/mol. The second-order valence-electron chi connectivity index (χ2n) is 8.71. The molecular formula is C27H30ClN3O5S. The van der Waals surface area contributed by atoms with Gasteiger partial charge in [0, 0.05) is 36.9 Å². The highest BCUT2D eigenvalue weighted by Crippen LogP contribution is 2.26. The van der Waals surface area contributed by atoms with Gasteiger partial charge in [-0.25, -0.2) is 8.42 Å². The molecule has 0 atom stereocenters. The van der Waals surface area contributed by atoms with E-state index in [1.54, 1.807) is 54.5 Å². The largest absolute Gasteiger partial charge is 0.497 e. The molecule has 0 N–H and O–H groups in total. The molecular weight excluding hydrogens is 514 g/mol. The molecule has 1 amide bonds. The van der Waals surface area contributed by atoms with Gasteiger partial charge in [-0.1, -0.05) is 29.8 Å². The van der Waals surface area contributed by atoms with Crippen molar-refractivity contribution in [3.8, 4) is 11.5 Å². The van der Waals surface area contributed by atoms with Crippen LogP contribution in [0.5, 0.6) is 11.5 Å². The average molecular weight is 544 g/mol. The predicted octanol–water partition coefficient (Wildman–Crippen LogP) is 4.04. The van der Waals surface area contributed by atoms with Crippen molar-refractivity contribution in [2.24, 2.45) is 0 Å². The third-order valence-corrected chi connectivity index (χ3v) is 7.74. The lowest BCUT2D eigenvalue weighted by atomic mass is 10.2. The topological polar surface area (TPSA) is 79.4 Å². The molecule has 1 heterocycles. The third-order valence-electron chi connectivity index (χ3n) is 6.23. The summed E-state index contributed by atoms with van der Waals surface area (Å²) in [5.41, 5.74) is 2.28. The average Bonchev–Trinajstić information content (AvgIpc) is 2.91. The maximum atomic E-state index is 12.7. The van der Waals surface area contributed by atoms with Crippen LogP contribution in [0.25, 0.3) is 0 Å². The first kappa shape index (κ1) is 26.6. The van der Waals surface area contributed by atoms with Gasteiger partial charge in [0.15, 0.2) is 6.61 Å². The zero-order valence-electron chi connectivity index (χ0n) is 20.8. The van der Waals surface area contributed by atoms with Gasteiger partial charge in [0.1, 0.15) is 11.5 Å². The molecule has 0 bridgehead atoms. The number of benzene rings is 3. The first-order valence-corrected chi connectivity index (χ1v) is 14.1. The van der Waals surface area contributed by atoms with Crippen LogP contribution >= 0.6 is 11.6 Å². The number of hydrogen-bond acceptors (Lipinski definition) is 6. The summed E-state index contributed by atoms with van der Waals surface area (Å²) in [6, 6.07) is 21.7. The SMILES string of the molecule is COc1ccc(N2CCN(C(=O)COc3ccc(N(Cc4ccccc4Cl)S(C)(=O)=O)cc3)CC2)cc1. The summed E-state index contributed by atoms with van der Waals surface area (Å²) >= 11 is 6.23. The van der Waals surface area contributed by atoms with Crippen molar-refractivity contribution in [1.82, 2.24) is 4.90 Å². The molecule has 0 aromatic heterocycles. The van der Waals surface area contributed by atoms with E-state index in [9.17, 15) is 13.2 Å². The van der Waals surface area contributed by atoms with Crippen molar-refractivity contribution in [1.29, 1.82) is 0 Å². The maximum absolute atomic E-state index is 12.7. The molecule has 8 nitrogen and oxygen atoms in total. The van der Waals surface area contributed by atoms with E-state index in [0.29, 0.717) is 35.1 Å². The fourth-order valence-electron chi connectivity index (χ4n) is 4.13. The summed E-state index contributed by atoms with van der Waals surface area (Å²) in [6.07, 6.45) is 1.15. The number of sulfonamides is 1. The Hall–Kier alpha value is -3.43. The van der Waals surface area contributed by atoms with Gasteiger partial charge in [0.25, 0.3) is 5.91 Å². The van der Waals surface area contributed by atoms with E-state index in [2.05, 4.69) is 4.90 Å². The van der Waals surface area contributed by atoms with Crippen LogP contribution in [0.1, 0.15) is 5.56 Å². The van der Waals surface area contributed by atoms with Crippen LogP contribution in [-0.4, -0.2) is 65.4 Å². The number of halogens is 1. The molecule has 37 heavy (non-hydrogen) atoms. The third kappa shape index (κ3) is 6.87. The highest BCUT2D eigenvalue weighted by molar-refractivity contribution is 7.92. The van der Waals surface area contributed by atoms with Crippen molar-refractivity contribution < 1.29 is 22.7 Å². The Labute approximate surface area is 223 Å². The fourth-order valence-corrected chi connectivity index (χ4v) is 5.21. The molecule has 0 aliphatic carbocycles. The minimum Gasteiger partial charge on any atom is -0.497 e. The van der Waals surface area contributed by atoms with Gasteiger partial charge in [0.05, 0.1) is 25.6 Å². The Balaban J connectivity index is 1.31. The van der Waals surface area contributed by atoms with E-state index in [4.69, 9.17) is 21.1 Å². The van der Waals surface area contributed by atoms with E-state index < -0.39 is 10.0 Å². The van der Waals surface area contributed by atoms with Crippen LogP contribution < -0.4 is 18.7 Å². The molecule has 1 saturated heterocycles. The van der Waals surface area contributed by atoms with Crippen molar-refractivity contribution in [2.45, 2.75) is 6.54 Å². The molecule has 4 rings (SSSR count). The van der Waals surface area contributed by atoms with E-state index in [0.717, 1.165) is 30.8 Å². The maximum Gasteiger partial charge on any atom is 0.260 e. The van der Waals surface area contributed by atoms with Gasteiger partial charge in [-0.3, -0.25) is 9.10 Å². The van der Waals surface area contributed by atoms with Gasteiger partial charge in [0.2, 0.25) is 10.0 Å². The smallest absolute Gasteiger partial charge is 0.260 e. The summed E-state index contributed by atoms with van der Waals surface area (Å²) in [6.45, 7) is 2.72. The van der Waals surface area contributed by atoms with Gasteiger partial charge < -0.3 is 19.3 Å². The van der Waals surface area contributed by atoms with E-state index in [1.165, 1.54) is 4.31 Å². The molecule has 1 aliphatic heterocycles. The molecule has 1 fully saturated rings. The van der Waals surface area contributed by atoms with Crippen LogP contribution in [0.4, 0.5) is 11.4 Å². The monoisotopic (exact) mass is 543 g/mol. The lowest BCUT2D eigenvalue weighted by Crippen LogP contribution is -2.50. The number of hydrogen-bond donors (Lipinski definition) is 0. The van der Waals surface area contributed by atoms with Gasteiger partial charge >= 0.3 is 0 Å². The van der Waals surface area contributed by atoms with E-state index in [-0.39, 0.29) is 19.1 Å². The number of rotatable bonds is 9. The number of ether oxygens (including phenoxy) is 2. The Morgan fingerprint density at radius 3 is 2.14 bits per heavy atom. The normalized spacial score (nSPS) is 13.8. The number of methoxy groups -OCH3 is 1. The Morgan fingerprint density at radius 1 is 0.919 bits per heavy atom. The zero-order valence-corrected chi connectivity index (χ0v) is 22.4. The minimum atomic E-state index is -3.55. The summed E-state index contributed by atoms with van der Waals surface area (Å²) in [5, 5.41) is 0.499. The number of nitrogens with zero attached hydrogens (tertiary/aromatic N) is 3. The van der Waals surface area contributed by atoms with Crippen molar-refractivity contribution in [2.75, 3.05) is 55.4 Å². The summed E-state index contributed by atoms with van der Waals surface area (Å²) in [4.78, 5) is 16.7. The highest BCUT2D eigenvalue weighted by Gasteiger charge is 2.22. The van der Waals surface area contributed by atoms with Crippen LogP contribution in [0, 0.1) is 0 Å². The zero-order chi connectivity index (χ0) is 26.4. The van der Waals surface area contributed by atoms with Crippen LogP contribution in [0.15, 0.2) is 72.8 Å². The Kier molecular flexibility index (Phi) is 8.45. The molecule has 196 valence electrons. The van der Waals surface area contributed by atoms with Gasteiger partial charge in [-0.2, -0.15) is 0 Å². The molecule has 3 aromatic carbocycles. The van der Waals surface area contributed by atoms with Crippen molar-refractivity contribution >= 4 is 38.9 Å². The van der Waals surface area contributed by atoms with Crippen molar-refractivity contribution in [3.63, 3.8) is 0 Å². The first-order chi connectivity index (χ1) is 17.7. The number of carbonyl (C=O) groups is 1. The second kappa shape index (κ2) is 11.7. The lowest BCUT2D eigenvalue weighted by molar-refractivity contribution is -0.133. The lowest BCUT2D eigenvalue weighted by Gasteiger charge is -2.36. The van der Waals surface area contributed by atoms with Gasteiger partial charge in [-0.15, -0.1) is 0 Å². The number of amides is 1. The van der Waals surface area contributed by atoms with Gasteiger partial charge in [-0.05, 0) is 60.2 Å². The molecule has 0 saturated carbocycles. The number of carbonyl (C=O) groups excluding carboxylic acids is 1. The quantitative estimate of drug-likeness (QED) is 0.405. The highest BCUT2D eigenvalue weighted by atomic mass is 35.5. The van der Waals surface area contributed by atoms with Crippen molar-refractivity contribution in [3.05, 3.63) is 83.4 Å². The Bertz CT molecular complexity index is 1310. The van der Waals surface area contributed by atoms with Crippen LogP contribution in [0.2, 0.25) is 5.02 Å². The van der Waals surface area contributed by atoms with E-state index >= 15 is 0 Å². The van der Waals surface area contributed by atoms with E-state index in [1.807, 2.05) is 30.3 Å². The van der Waals surface area contributed by atoms with Crippen LogP contribution in [0.3, 0.4) is 0 Å². The number of piperazine rings is 1. The summed E-state index contributed by atoms with van der Waals surface area (Å²) in [7, 11) is -1.91. The molecule has 10 heteroatoms. The second-order valence-corrected chi connectivity index (χ2v) is 11.0. The summed E-state index contributed by atoms with van der Waals surface area (Å²) < 4.78 is 37.1. The molecule has 0 spiro atoms. The minimum absolute atomic E-state index is 0.0860. The molecule has 1 aliphatic rings. The van der Waals surface area contributed by atoms with Crippen LogP contribution in [-0.2, 0) is 21.4 Å². The fraction of sp³-hybridized carbons (Fsp3) is 0.296. The molecule has 0 unspecified atom stereocenters. The molecule has 3 aromatic rings. The Morgan fingerprint density at radius 2 is 1.54 bits per heavy atom.